The van der Waals surface area contributed by atoms with E-state index >= 15 is 0 Å². The highest BCUT2D eigenvalue weighted by atomic mass is 16.5. The number of hydrogen-bond donors (Lipinski definition) is 1. The molecule has 0 aromatic carbocycles. The van der Waals surface area contributed by atoms with Gasteiger partial charge in [-0.2, -0.15) is 0 Å². The predicted octanol–water partition coefficient (Wildman–Crippen LogP) is 3.11. The van der Waals surface area contributed by atoms with Crippen LogP contribution >= 0.6 is 0 Å². The Morgan fingerprint density at radius 1 is 1.27 bits per heavy atom. The summed E-state index contributed by atoms with van der Waals surface area (Å²) in [7, 11) is 0. The minimum absolute atomic E-state index is 0.510. The highest BCUT2D eigenvalue weighted by molar-refractivity contribution is 4.79. The van der Waals surface area contributed by atoms with Gasteiger partial charge < -0.3 is 10.1 Å². The topological polar surface area (TPSA) is 21.3 Å². The molecule has 15 heavy (non-hydrogen) atoms. The van der Waals surface area contributed by atoms with Crippen molar-refractivity contribution in [3.63, 3.8) is 0 Å². The third-order valence-electron chi connectivity index (χ3n) is 3.43. The maximum Gasteiger partial charge on any atom is 0.0589 e. The lowest BCUT2D eigenvalue weighted by molar-refractivity contribution is -0.00515. The van der Waals surface area contributed by atoms with Crippen molar-refractivity contribution in [2.75, 3.05) is 6.61 Å². The lowest BCUT2D eigenvalue weighted by atomic mass is 9.98. The molecular weight excluding hydrogens is 186 g/mol. The summed E-state index contributed by atoms with van der Waals surface area (Å²) >= 11 is 0. The van der Waals surface area contributed by atoms with Crippen LogP contribution in [-0.4, -0.2) is 24.8 Å². The van der Waals surface area contributed by atoms with Crippen LogP contribution in [0.3, 0.4) is 0 Å². The smallest absolute Gasteiger partial charge is 0.0589 e. The Morgan fingerprint density at radius 2 is 2.00 bits per heavy atom. The van der Waals surface area contributed by atoms with E-state index < -0.39 is 0 Å². The molecule has 0 aliphatic carbocycles. The molecule has 2 heteroatoms. The van der Waals surface area contributed by atoms with Crippen LogP contribution in [0.5, 0.6) is 0 Å². The van der Waals surface area contributed by atoms with Gasteiger partial charge >= 0.3 is 0 Å². The van der Waals surface area contributed by atoms with E-state index in [4.69, 9.17) is 4.74 Å². The van der Waals surface area contributed by atoms with Crippen molar-refractivity contribution in [2.24, 2.45) is 0 Å². The minimum Gasteiger partial charge on any atom is -0.378 e. The molecule has 1 fully saturated rings. The molecule has 2 atom stereocenters. The van der Waals surface area contributed by atoms with Crippen molar-refractivity contribution in [1.29, 1.82) is 0 Å². The quantitative estimate of drug-likeness (QED) is 0.732. The van der Waals surface area contributed by atoms with Crippen molar-refractivity contribution in [3.8, 4) is 0 Å². The number of hydrogen-bond acceptors (Lipinski definition) is 2. The van der Waals surface area contributed by atoms with E-state index in [9.17, 15) is 0 Å². The molecule has 1 aliphatic rings. The zero-order valence-corrected chi connectivity index (χ0v) is 10.6. The predicted molar refractivity (Wildman–Crippen MR) is 65.2 cm³/mol. The van der Waals surface area contributed by atoms with Crippen molar-refractivity contribution >= 4 is 0 Å². The van der Waals surface area contributed by atoms with E-state index in [0.717, 1.165) is 6.61 Å². The van der Waals surface area contributed by atoms with Gasteiger partial charge in [0.15, 0.2) is 0 Å². The van der Waals surface area contributed by atoms with Crippen LogP contribution in [0.25, 0.3) is 0 Å². The molecule has 1 rings (SSSR count). The average Bonchev–Trinajstić information content (AvgIpc) is 2.27. The van der Waals surface area contributed by atoms with Crippen LogP contribution in [0.4, 0.5) is 0 Å². The van der Waals surface area contributed by atoms with Gasteiger partial charge in [-0.15, -0.1) is 0 Å². The highest BCUT2D eigenvalue weighted by Gasteiger charge is 2.22. The fourth-order valence-corrected chi connectivity index (χ4v) is 2.41. The van der Waals surface area contributed by atoms with Crippen LogP contribution in [0, 0.1) is 0 Å². The van der Waals surface area contributed by atoms with E-state index in [-0.39, 0.29) is 0 Å². The van der Waals surface area contributed by atoms with Crippen LogP contribution < -0.4 is 5.32 Å². The van der Waals surface area contributed by atoms with E-state index in [0.29, 0.717) is 18.2 Å². The monoisotopic (exact) mass is 213 g/mol. The van der Waals surface area contributed by atoms with Crippen molar-refractivity contribution < 1.29 is 4.74 Å². The SMILES string of the molecule is CCCC1CC(NC(CC)CC)CCO1. The Balaban J connectivity index is 2.28. The van der Waals surface area contributed by atoms with Crippen molar-refractivity contribution in [3.05, 3.63) is 0 Å². The maximum absolute atomic E-state index is 5.76. The first-order chi connectivity index (χ1) is 7.30. The molecule has 0 bridgehead atoms. The zero-order chi connectivity index (χ0) is 11.1. The van der Waals surface area contributed by atoms with Crippen molar-refractivity contribution in [1.82, 2.24) is 5.32 Å². The second-order valence-electron chi connectivity index (χ2n) is 4.68. The summed E-state index contributed by atoms with van der Waals surface area (Å²) in [4.78, 5) is 0. The Morgan fingerprint density at radius 3 is 2.60 bits per heavy atom. The van der Waals surface area contributed by atoms with Crippen LogP contribution in [0.1, 0.15) is 59.3 Å². The van der Waals surface area contributed by atoms with Gasteiger partial charge in [-0.3, -0.25) is 0 Å². The molecule has 1 aliphatic heterocycles. The van der Waals surface area contributed by atoms with Crippen LogP contribution in [0.15, 0.2) is 0 Å². The molecule has 0 saturated carbocycles. The number of nitrogens with one attached hydrogen (secondary N) is 1. The van der Waals surface area contributed by atoms with Gasteiger partial charge in [-0.25, -0.2) is 0 Å². The summed E-state index contributed by atoms with van der Waals surface area (Å²) in [5.74, 6) is 0. The van der Waals surface area contributed by atoms with Gasteiger partial charge in [0.1, 0.15) is 0 Å². The third kappa shape index (κ3) is 4.52. The van der Waals surface area contributed by atoms with E-state index in [1.165, 1.54) is 38.5 Å². The van der Waals surface area contributed by atoms with Gasteiger partial charge in [-0.05, 0) is 32.1 Å². The Labute approximate surface area is 94.8 Å². The summed E-state index contributed by atoms with van der Waals surface area (Å²) in [6.07, 6.45) is 7.86. The lowest BCUT2D eigenvalue weighted by Gasteiger charge is -2.32. The standard InChI is InChI=1S/C13H27NO/c1-4-7-13-10-12(8-9-15-13)14-11(5-2)6-3/h11-14H,4-10H2,1-3H3. The van der Waals surface area contributed by atoms with E-state index in [2.05, 4.69) is 26.1 Å². The van der Waals surface area contributed by atoms with Crippen molar-refractivity contribution in [2.45, 2.75) is 77.5 Å². The first-order valence-electron chi connectivity index (χ1n) is 6.67. The third-order valence-corrected chi connectivity index (χ3v) is 3.43. The van der Waals surface area contributed by atoms with Gasteiger partial charge in [0.2, 0.25) is 0 Å². The molecule has 1 heterocycles. The second kappa shape index (κ2) is 7.24. The minimum atomic E-state index is 0.510. The molecule has 0 radical (unpaired) electrons. The summed E-state index contributed by atoms with van der Waals surface area (Å²) < 4.78 is 5.76. The fourth-order valence-electron chi connectivity index (χ4n) is 2.41. The molecule has 2 unspecified atom stereocenters. The number of rotatable bonds is 6. The summed E-state index contributed by atoms with van der Waals surface area (Å²) in [5.41, 5.74) is 0. The maximum atomic E-state index is 5.76. The van der Waals surface area contributed by atoms with Gasteiger partial charge in [0, 0.05) is 18.7 Å². The molecular formula is C13H27NO. The lowest BCUT2D eigenvalue weighted by Crippen LogP contribution is -2.43. The molecule has 2 nitrogen and oxygen atoms in total. The number of ether oxygens (including phenoxy) is 1. The first kappa shape index (κ1) is 13.0. The Hall–Kier alpha value is -0.0800. The molecule has 0 aromatic rings. The van der Waals surface area contributed by atoms with Gasteiger partial charge in [-0.1, -0.05) is 27.2 Å². The van der Waals surface area contributed by atoms with Crippen LogP contribution in [-0.2, 0) is 4.74 Å². The second-order valence-corrected chi connectivity index (χ2v) is 4.68. The molecule has 0 aromatic heterocycles. The molecule has 0 spiro atoms. The highest BCUT2D eigenvalue weighted by Crippen LogP contribution is 2.18. The first-order valence-corrected chi connectivity index (χ1v) is 6.67. The molecule has 0 amide bonds. The Bertz CT molecular complexity index is 155. The van der Waals surface area contributed by atoms with Gasteiger partial charge in [0.25, 0.3) is 0 Å². The van der Waals surface area contributed by atoms with E-state index in [1.807, 2.05) is 0 Å². The summed E-state index contributed by atoms with van der Waals surface area (Å²) in [5, 5.41) is 3.76. The van der Waals surface area contributed by atoms with Crippen LogP contribution in [0.2, 0.25) is 0 Å². The molecule has 1 saturated heterocycles. The van der Waals surface area contributed by atoms with E-state index in [1.54, 1.807) is 0 Å². The average molecular weight is 213 g/mol. The summed E-state index contributed by atoms with van der Waals surface area (Å²) in [6, 6.07) is 1.40. The van der Waals surface area contributed by atoms with Gasteiger partial charge in [0.05, 0.1) is 6.10 Å². The molecule has 1 N–H and O–H groups in total. The Kier molecular flexibility index (Phi) is 6.26. The zero-order valence-electron chi connectivity index (χ0n) is 10.6. The largest absolute Gasteiger partial charge is 0.378 e. The normalized spacial score (nSPS) is 27.2. The fraction of sp³-hybridized carbons (Fsp3) is 1.00. The summed E-state index contributed by atoms with van der Waals surface area (Å²) in [6.45, 7) is 7.72. The molecule has 90 valence electrons.